The van der Waals surface area contributed by atoms with Crippen LogP contribution >= 0.6 is 0 Å². The van der Waals surface area contributed by atoms with Crippen molar-refractivity contribution in [3.05, 3.63) is 35.4 Å². The molecular formula is C14H20N2O3. The quantitative estimate of drug-likeness (QED) is 0.632. The molecule has 1 unspecified atom stereocenters. The van der Waals surface area contributed by atoms with Crippen molar-refractivity contribution in [2.75, 3.05) is 13.7 Å². The predicted octanol–water partition coefficient (Wildman–Crippen LogP) is 0.844. The number of ether oxygens (including phenoxy) is 1. The standard InChI is InChI=1S/C14H20N2O3/c1-4-19-14(18)12(15)13(17)16(3)9-11-8-6-5-7-10(11)2/h5-8,12H,4,9,15H2,1-3H3. The number of esters is 1. The third-order valence-corrected chi connectivity index (χ3v) is 2.85. The van der Waals surface area contributed by atoms with Crippen LogP contribution in [-0.2, 0) is 20.9 Å². The third kappa shape index (κ3) is 4.06. The zero-order valence-electron chi connectivity index (χ0n) is 11.6. The molecule has 1 aromatic rings. The molecule has 0 saturated heterocycles. The minimum atomic E-state index is -1.26. The summed E-state index contributed by atoms with van der Waals surface area (Å²) in [6.07, 6.45) is 0. The molecule has 0 aliphatic rings. The maximum absolute atomic E-state index is 12.0. The van der Waals surface area contributed by atoms with Crippen molar-refractivity contribution in [2.45, 2.75) is 26.4 Å². The summed E-state index contributed by atoms with van der Waals surface area (Å²) in [7, 11) is 1.62. The Morgan fingerprint density at radius 2 is 2.00 bits per heavy atom. The molecule has 1 amide bonds. The molecule has 104 valence electrons. The van der Waals surface area contributed by atoms with E-state index in [0.717, 1.165) is 11.1 Å². The van der Waals surface area contributed by atoms with Crippen LogP contribution in [0.1, 0.15) is 18.1 Å². The number of rotatable bonds is 5. The molecule has 5 heteroatoms. The van der Waals surface area contributed by atoms with Crippen LogP contribution in [0.3, 0.4) is 0 Å². The first kappa shape index (κ1) is 15.2. The first-order valence-electron chi connectivity index (χ1n) is 6.19. The first-order valence-corrected chi connectivity index (χ1v) is 6.19. The molecule has 0 heterocycles. The van der Waals surface area contributed by atoms with E-state index in [0.29, 0.717) is 6.54 Å². The SMILES string of the molecule is CCOC(=O)C(N)C(=O)N(C)Cc1ccccc1C. The van der Waals surface area contributed by atoms with Crippen LogP contribution in [0.15, 0.2) is 24.3 Å². The van der Waals surface area contributed by atoms with Gasteiger partial charge in [0.25, 0.3) is 5.91 Å². The predicted molar refractivity (Wildman–Crippen MR) is 72.3 cm³/mol. The normalized spacial score (nSPS) is 11.8. The number of nitrogens with two attached hydrogens (primary N) is 1. The maximum atomic E-state index is 12.0. The number of carbonyl (C=O) groups is 2. The number of hydrogen-bond donors (Lipinski definition) is 1. The van der Waals surface area contributed by atoms with Crippen LogP contribution in [-0.4, -0.2) is 36.5 Å². The molecule has 0 aliphatic carbocycles. The van der Waals surface area contributed by atoms with Gasteiger partial charge >= 0.3 is 5.97 Å². The summed E-state index contributed by atoms with van der Waals surface area (Å²) in [5.41, 5.74) is 7.69. The van der Waals surface area contributed by atoms with Gasteiger partial charge in [0.15, 0.2) is 6.04 Å². The zero-order chi connectivity index (χ0) is 14.4. The van der Waals surface area contributed by atoms with Crippen LogP contribution in [0, 0.1) is 6.92 Å². The summed E-state index contributed by atoms with van der Waals surface area (Å²) in [5.74, 6) is -1.13. The molecular weight excluding hydrogens is 244 g/mol. The molecule has 0 saturated carbocycles. The molecule has 19 heavy (non-hydrogen) atoms. The Labute approximate surface area is 113 Å². The van der Waals surface area contributed by atoms with Crippen molar-refractivity contribution in [2.24, 2.45) is 5.73 Å². The van der Waals surface area contributed by atoms with E-state index in [4.69, 9.17) is 10.5 Å². The van der Waals surface area contributed by atoms with Gasteiger partial charge in [0, 0.05) is 13.6 Å². The largest absolute Gasteiger partial charge is 0.464 e. The van der Waals surface area contributed by atoms with Gasteiger partial charge in [-0.25, -0.2) is 4.79 Å². The molecule has 0 radical (unpaired) electrons. The zero-order valence-corrected chi connectivity index (χ0v) is 11.6. The third-order valence-electron chi connectivity index (χ3n) is 2.85. The lowest BCUT2D eigenvalue weighted by Gasteiger charge is -2.21. The van der Waals surface area contributed by atoms with Crippen LogP contribution in [0.5, 0.6) is 0 Å². The summed E-state index contributed by atoms with van der Waals surface area (Å²) in [4.78, 5) is 24.8. The van der Waals surface area contributed by atoms with Crippen LogP contribution in [0.2, 0.25) is 0 Å². The summed E-state index contributed by atoms with van der Waals surface area (Å²) in [5, 5.41) is 0. The molecule has 1 atom stereocenters. The molecule has 0 aliphatic heterocycles. The average molecular weight is 264 g/mol. The van der Waals surface area contributed by atoms with Crippen molar-refractivity contribution >= 4 is 11.9 Å². The number of aryl methyl sites for hydroxylation is 1. The Hall–Kier alpha value is -1.88. The fourth-order valence-electron chi connectivity index (χ4n) is 1.69. The van der Waals surface area contributed by atoms with Gasteiger partial charge in [-0.2, -0.15) is 0 Å². The fourth-order valence-corrected chi connectivity index (χ4v) is 1.69. The van der Waals surface area contributed by atoms with E-state index in [-0.39, 0.29) is 6.61 Å². The highest BCUT2D eigenvalue weighted by atomic mass is 16.5. The molecule has 1 rings (SSSR count). The van der Waals surface area contributed by atoms with Crippen molar-refractivity contribution < 1.29 is 14.3 Å². The van der Waals surface area contributed by atoms with Gasteiger partial charge in [-0.05, 0) is 25.0 Å². The lowest BCUT2D eigenvalue weighted by atomic mass is 10.1. The van der Waals surface area contributed by atoms with E-state index >= 15 is 0 Å². The number of nitrogens with zero attached hydrogens (tertiary/aromatic N) is 1. The molecule has 0 bridgehead atoms. The van der Waals surface area contributed by atoms with E-state index in [1.54, 1.807) is 14.0 Å². The minimum absolute atomic E-state index is 0.210. The maximum Gasteiger partial charge on any atom is 0.332 e. The highest BCUT2D eigenvalue weighted by Gasteiger charge is 2.26. The van der Waals surface area contributed by atoms with Gasteiger partial charge < -0.3 is 15.4 Å². The number of amides is 1. The van der Waals surface area contributed by atoms with Crippen LogP contribution in [0.25, 0.3) is 0 Å². The van der Waals surface area contributed by atoms with Gasteiger partial charge in [-0.3, -0.25) is 4.79 Å². The lowest BCUT2D eigenvalue weighted by molar-refractivity contribution is -0.150. The Morgan fingerprint density at radius 1 is 1.37 bits per heavy atom. The molecule has 1 aromatic carbocycles. The second-order valence-electron chi connectivity index (χ2n) is 4.35. The smallest absolute Gasteiger partial charge is 0.332 e. The topological polar surface area (TPSA) is 72.6 Å². The number of likely N-dealkylation sites (N-methyl/N-ethyl adjacent to an activating group) is 1. The van der Waals surface area contributed by atoms with E-state index in [1.165, 1.54) is 4.90 Å². The van der Waals surface area contributed by atoms with Crippen molar-refractivity contribution in [1.29, 1.82) is 0 Å². The monoisotopic (exact) mass is 264 g/mol. The Kier molecular flexibility index (Phi) is 5.51. The first-order chi connectivity index (χ1) is 8.97. The van der Waals surface area contributed by atoms with Crippen LogP contribution in [0.4, 0.5) is 0 Å². The second kappa shape index (κ2) is 6.89. The Balaban J connectivity index is 2.68. The van der Waals surface area contributed by atoms with Gasteiger partial charge in [0.1, 0.15) is 0 Å². The molecule has 2 N–H and O–H groups in total. The minimum Gasteiger partial charge on any atom is -0.464 e. The summed E-state index contributed by atoms with van der Waals surface area (Å²) < 4.78 is 4.74. The van der Waals surface area contributed by atoms with Crippen molar-refractivity contribution in [3.8, 4) is 0 Å². The van der Waals surface area contributed by atoms with Gasteiger partial charge in [-0.15, -0.1) is 0 Å². The second-order valence-corrected chi connectivity index (χ2v) is 4.35. The number of carbonyl (C=O) groups excluding carboxylic acids is 2. The molecule has 0 aromatic heterocycles. The molecule has 0 spiro atoms. The Morgan fingerprint density at radius 3 is 2.58 bits per heavy atom. The van der Waals surface area contributed by atoms with Gasteiger partial charge in [0.2, 0.25) is 0 Å². The van der Waals surface area contributed by atoms with E-state index in [1.807, 2.05) is 31.2 Å². The van der Waals surface area contributed by atoms with Gasteiger partial charge in [-0.1, -0.05) is 24.3 Å². The molecule has 5 nitrogen and oxygen atoms in total. The van der Waals surface area contributed by atoms with E-state index in [2.05, 4.69) is 0 Å². The summed E-state index contributed by atoms with van der Waals surface area (Å²) in [6, 6.07) is 6.50. The summed E-state index contributed by atoms with van der Waals surface area (Å²) >= 11 is 0. The van der Waals surface area contributed by atoms with Crippen LogP contribution < -0.4 is 5.73 Å². The highest BCUT2D eigenvalue weighted by molar-refractivity contribution is 6.01. The van der Waals surface area contributed by atoms with Gasteiger partial charge in [0.05, 0.1) is 6.61 Å². The van der Waals surface area contributed by atoms with E-state index < -0.39 is 17.9 Å². The lowest BCUT2D eigenvalue weighted by Crippen LogP contribution is -2.47. The van der Waals surface area contributed by atoms with Crippen molar-refractivity contribution in [3.63, 3.8) is 0 Å². The Bertz CT molecular complexity index is 460. The molecule has 0 fully saturated rings. The number of hydrogen-bond acceptors (Lipinski definition) is 4. The van der Waals surface area contributed by atoms with Crippen molar-refractivity contribution in [1.82, 2.24) is 4.90 Å². The summed E-state index contributed by atoms with van der Waals surface area (Å²) in [6.45, 7) is 4.27. The fraction of sp³-hybridized carbons (Fsp3) is 0.429. The number of benzene rings is 1. The van der Waals surface area contributed by atoms with E-state index in [9.17, 15) is 9.59 Å². The highest BCUT2D eigenvalue weighted by Crippen LogP contribution is 2.10. The average Bonchev–Trinajstić information content (AvgIpc) is 2.39.